The molecule has 8 heteroatoms. The van der Waals surface area contributed by atoms with Crippen LogP contribution in [0.2, 0.25) is 0 Å². The van der Waals surface area contributed by atoms with Crippen LogP contribution in [0.5, 0.6) is 0 Å². The molecule has 0 aliphatic rings. The first-order valence-electron chi connectivity index (χ1n) is 5.57. The van der Waals surface area contributed by atoms with Gasteiger partial charge in [0.05, 0.1) is 25.1 Å². The van der Waals surface area contributed by atoms with Crippen LogP contribution in [0, 0.1) is 5.82 Å². The molecule has 7 nitrogen and oxygen atoms in total. The van der Waals surface area contributed by atoms with E-state index in [0.29, 0.717) is 0 Å². The van der Waals surface area contributed by atoms with Gasteiger partial charge >= 0.3 is 5.97 Å². The topological polar surface area (TPSA) is 125 Å². The lowest BCUT2D eigenvalue weighted by Crippen LogP contribution is -2.39. The number of esters is 1. The molecule has 0 aliphatic carbocycles. The summed E-state index contributed by atoms with van der Waals surface area (Å²) in [5.41, 5.74) is 10.2. The van der Waals surface area contributed by atoms with Gasteiger partial charge in [-0.25, -0.2) is 9.18 Å². The number of primary amides is 1. The minimum Gasteiger partial charge on any atom is -0.465 e. The molecule has 0 heterocycles. The summed E-state index contributed by atoms with van der Waals surface area (Å²) in [6, 6.07) is 2.23. The highest BCUT2D eigenvalue weighted by atomic mass is 19.1. The van der Waals surface area contributed by atoms with Crippen molar-refractivity contribution in [2.24, 2.45) is 11.5 Å². The number of rotatable bonds is 5. The van der Waals surface area contributed by atoms with Gasteiger partial charge < -0.3 is 21.5 Å². The highest BCUT2D eigenvalue weighted by Crippen LogP contribution is 2.16. The predicted molar refractivity (Wildman–Crippen MR) is 68.2 cm³/mol. The monoisotopic (exact) mass is 283 g/mol. The summed E-state index contributed by atoms with van der Waals surface area (Å²) in [5.74, 6) is -3.05. The molecular formula is C12H14FN3O4. The Morgan fingerprint density at radius 1 is 1.40 bits per heavy atom. The van der Waals surface area contributed by atoms with Crippen LogP contribution >= 0.6 is 0 Å². The first-order valence-corrected chi connectivity index (χ1v) is 5.57. The average molecular weight is 283 g/mol. The number of halogens is 1. The zero-order chi connectivity index (χ0) is 15.3. The van der Waals surface area contributed by atoms with E-state index in [9.17, 15) is 18.8 Å². The van der Waals surface area contributed by atoms with Gasteiger partial charge in [0, 0.05) is 5.69 Å². The molecule has 2 amide bonds. The normalized spacial score (nSPS) is 11.6. The van der Waals surface area contributed by atoms with Gasteiger partial charge in [0.25, 0.3) is 0 Å². The third kappa shape index (κ3) is 4.02. The molecular weight excluding hydrogens is 269 g/mol. The van der Waals surface area contributed by atoms with Crippen molar-refractivity contribution in [1.29, 1.82) is 0 Å². The highest BCUT2D eigenvalue weighted by molar-refractivity contribution is 5.98. The Hall–Kier alpha value is -2.48. The Bertz CT molecular complexity index is 548. The second-order valence-corrected chi connectivity index (χ2v) is 3.95. The van der Waals surface area contributed by atoms with Gasteiger partial charge in [-0.15, -0.1) is 0 Å². The Morgan fingerprint density at radius 3 is 2.60 bits per heavy atom. The van der Waals surface area contributed by atoms with Gasteiger partial charge in [0.1, 0.15) is 5.82 Å². The van der Waals surface area contributed by atoms with Crippen molar-refractivity contribution >= 4 is 23.5 Å². The smallest absolute Gasteiger partial charge is 0.340 e. The van der Waals surface area contributed by atoms with Crippen LogP contribution < -0.4 is 16.8 Å². The molecule has 0 fully saturated rings. The summed E-state index contributed by atoms with van der Waals surface area (Å²) in [4.78, 5) is 33.6. The third-order valence-electron chi connectivity index (χ3n) is 2.40. The third-order valence-corrected chi connectivity index (χ3v) is 2.40. The molecule has 0 saturated carbocycles. The number of benzene rings is 1. The Kier molecular flexibility index (Phi) is 5.15. The molecule has 1 atom stereocenters. The van der Waals surface area contributed by atoms with Crippen LogP contribution in [0.15, 0.2) is 18.2 Å². The molecule has 1 aromatic rings. The maximum Gasteiger partial charge on any atom is 0.340 e. The average Bonchev–Trinajstić information content (AvgIpc) is 2.39. The molecule has 0 aromatic heterocycles. The van der Waals surface area contributed by atoms with Gasteiger partial charge in [-0.3, -0.25) is 9.59 Å². The number of hydrogen-bond acceptors (Lipinski definition) is 5. The SMILES string of the molecule is COC(=O)c1cc(NC(=O)C(N)CC(N)=O)ccc1F. The summed E-state index contributed by atoms with van der Waals surface area (Å²) < 4.78 is 17.8. The lowest BCUT2D eigenvalue weighted by atomic mass is 10.1. The van der Waals surface area contributed by atoms with E-state index < -0.39 is 29.6 Å². The maximum atomic E-state index is 13.4. The van der Waals surface area contributed by atoms with E-state index in [1.54, 1.807) is 0 Å². The summed E-state index contributed by atoms with van der Waals surface area (Å²) in [6.07, 6.45) is -0.323. The number of ether oxygens (including phenoxy) is 1. The Balaban J connectivity index is 2.85. The number of methoxy groups -OCH3 is 1. The van der Waals surface area contributed by atoms with Gasteiger partial charge in [-0.2, -0.15) is 0 Å². The van der Waals surface area contributed by atoms with Crippen molar-refractivity contribution < 1.29 is 23.5 Å². The molecule has 1 aromatic carbocycles. The lowest BCUT2D eigenvalue weighted by Gasteiger charge is -2.11. The minimum atomic E-state index is -1.13. The summed E-state index contributed by atoms with van der Waals surface area (Å²) in [6.45, 7) is 0. The fraction of sp³-hybridized carbons (Fsp3) is 0.250. The van der Waals surface area contributed by atoms with Gasteiger partial charge in [0.15, 0.2) is 0 Å². The maximum absolute atomic E-state index is 13.4. The quantitative estimate of drug-likeness (QED) is 0.643. The van der Waals surface area contributed by atoms with Gasteiger partial charge in [-0.05, 0) is 18.2 Å². The van der Waals surface area contributed by atoms with Crippen molar-refractivity contribution in [3.05, 3.63) is 29.6 Å². The number of nitrogens with one attached hydrogen (secondary N) is 1. The molecule has 0 radical (unpaired) electrons. The standard InChI is InChI=1S/C12H14FN3O4/c1-20-12(19)7-4-6(2-3-8(7)13)16-11(18)9(14)5-10(15)17/h2-4,9H,5,14H2,1H3,(H2,15,17)(H,16,18). The van der Waals surface area contributed by atoms with E-state index in [1.165, 1.54) is 6.07 Å². The second kappa shape index (κ2) is 6.62. The number of hydrogen-bond donors (Lipinski definition) is 3. The van der Waals surface area contributed by atoms with Crippen molar-refractivity contribution in [1.82, 2.24) is 0 Å². The molecule has 0 spiro atoms. The molecule has 20 heavy (non-hydrogen) atoms. The molecule has 108 valence electrons. The zero-order valence-electron chi connectivity index (χ0n) is 10.7. The van der Waals surface area contributed by atoms with Crippen molar-refractivity contribution in [3.63, 3.8) is 0 Å². The van der Waals surface area contributed by atoms with Crippen LogP contribution in [-0.2, 0) is 14.3 Å². The van der Waals surface area contributed by atoms with E-state index in [4.69, 9.17) is 11.5 Å². The van der Waals surface area contributed by atoms with E-state index in [-0.39, 0.29) is 17.7 Å². The summed E-state index contributed by atoms with van der Waals surface area (Å²) in [7, 11) is 1.11. The molecule has 1 rings (SSSR count). The molecule has 5 N–H and O–H groups in total. The van der Waals surface area contributed by atoms with E-state index in [2.05, 4.69) is 10.1 Å². The van der Waals surface area contributed by atoms with Crippen LogP contribution in [0.4, 0.5) is 10.1 Å². The number of carbonyl (C=O) groups is 3. The van der Waals surface area contributed by atoms with E-state index in [0.717, 1.165) is 19.2 Å². The number of anilines is 1. The largest absolute Gasteiger partial charge is 0.465 e. The highest BCUT2D eigenvalue weighted by Gasteiger charge is 2.18. The first kappa shape index (κ1) is 15.6. The molecule has 0 aliphatic heterocycles. The van der Waals surface area contributed by atoms with Gasteiger partial charge in [-0.1, -0.05) is 0 Å². The van der Waals surface area contributed by atoms with Gasteiger partial charge in [0.2, 0.25) is 11.8 Å². The molecule has 1 unspecified atom stereocenters. The van der Waals surface area contributed by atoms with E-state index in [1.807, 2.05) is 0 Å². The predicted octanol–water partition coefficient (Wildman–Crippen LogP) is -0.246. The van der Waals surface area contributed by atoms with Crippen LogP contribution in [-0.4, -0.2) is 30.9 Å². The fourth-order valence-electron chi connectivity index (χ4n) is 1.41. The summed E-state index contributed by atoms with van der Waals surface area (Å²) >= 11 is 0. The first-order chi connectivity index (χ1) is 9.35. The Morgan fingerprint density at radius 2 is 2.05 bits per heavy atom. The fourth-order valence-corrected chi connectivity index (χ4v) is 1.41. The van der Waals surface area contributed by atoms with E-state index >= 15 is 0 Å². The summed E-state index contributed by atoms with van der Waals surface area (Å²) in [5, 5.41) is 2.35. The lowest BCUT2D eigenvalue weighted by molar-refractivity contribution is -0.123. The van der Waals surface area contributed by atoms with Crippen molar-refractivity contribution in [3.8, 4) is 0 Å². The zero-order valence-corrected chi connectivity index (χ0v) is 10.7. The molecule has 0 bridgehead atoms. The number of carbonyl (C=O) groups excluding carboxylic acids is 3. The van der Waals surface area contributed by atoms with Crippen LogP contribution in [0.3, 0.4) is 0 Å². The van der Waals surface area contributed by atoms with Crippen LogP contribution in [0.1, 0.15) is 16.8 Å². The number of amides is 2. The molecule has 0 saturated heterocycles. The minimum absolute atomic E-state index is 0.150. The van der Waals surface area contributed by atoms with Crippen molar-refractivity contribution in [2.75, 3.05) is 12.4 Å². The van der Waals surface area contributed by atoms with Crippen molar-refractivity contribution in [2.45, 2.75) is 12.5 Å². The second-order valence-electron chi connectivity index (χ2n) is 3.95. The number of nitrogens with two attached hydrogens (primary N) is 2. The Labute approximate surface area is 114 Å². The van der Waals surface area contributed by atoms with Crippen LogP contribution in [0.25, 0.3) is 0 Å².